The number of anilines is 1. The lowest BCUT2D eigenvalue weighted by Crippen LogP contribution is -2.14. The zero-order chi connectivity index (χ0) is 20.0. The van der Waals surface area contributed by atoms with Gasteiger partial charge in [-0.05, 0) is 35.9 Å². The standard InChI is InChI=1S/C19H14BrFN2O4/c1-11(24)27-18-9-14(20)12(8-17(18)26-2)7-13(10-22)19(25)23-16-6-4-3-5-15(16)21/h3-9H,1-2H3,(H,23,25)/b13-7-. The van der Waals surface area contributed by atoms with Crippen molar-refractivity contribution >= 4 is 39.6 Å². The van der Waals surface area contributed by atoms with Crippen molar-refractivity contribution in [1.29, 1.82) is 5.26 Å². The van der Waals surface area contributed by atoms with E-state index in [0.29, 0.717) is 10.0 Å². The lowest BCUT2D eigenvalue weighted by atomic mass is 10.1. The van der Waals surface area contributed by atoms with Crippen LogP contribution in [0.3, 0.4) is 0 Å². The topological polar surface area (TPSA) is 88.4 Å². The van der Waals surface area contributed by atoms with Crippen LogP contribution in [-0.2, 0) is 9.59 Å². The van der Waals surface area contributed by atoms with E-state index >= 15 is 0 Å². The summed E-state index contributed by atoms with van der Waals surface area (Å²) in [6.45, 7) is 1.25. The van der Waals surface area contributed by atoms with Crippen LogP contribution in [0.1, 0.15) is 12.5 Å². The highest BCUT2D eigenvalue weighted by molar-refractivity contribution is 9.10. The van der Waals surface area contributed by atoms with E-state index < -0.39 is 17.7 Å². The first kappa shape index (κ1) is 20.1. The first-order chi connectivity index (χ1) is 12.8. The Morgan fingerprint density at radius 3 is 2.56 bits per heavy atom. The van der Waals surface area contributed by atoms with Gasteiger partial charge in [0.05, 0.1) is 12.8 Å². The Balaban J connectivity index is 2.36. The number of benzene rings is 2. The Morgan fingerprint density at radius 2 is 1.96 bits per heavy atom. The van der Waals surface area contributed by atoms with Crippen LogP contribution < -0.4 is 14.8 Å². The molecule has 0 atom stereocenters. The maximum absolute atomic E-state index is 13.7. The van der Waals surface area contributed by atoms with Crippen LogP contribution in [0.4, 0.5) is 10.1 Å². The molecule has 0 saturated carbocycles. The Bertz CT molecular complexity index is 967. The average molecular weight is 433 g/mol. The highest BCUT2D eigenvalue weighted by atomic mass is 79.9. The SMILES string of the molecule is COc1cc(/C=C(/C#N)C(=O)Nc2ccccc2F)c(Br)cc1OC(C)=O. The van der Waals surface area contributed by atoms with Crippen LogP contribution in [0.25, 0.3) is 6.08 Å². The number of nitrogens with zero attached hydrogens (tertiary/aromatic N) is 1. The fourth-order valence-corrected chi connectivity index (χ4v) is 2.55. The van der Waals surface area contributed by atoms with E-state index in [1.54, 1.807) is 12.1 Å². The van der Waals surface area contributed by atoms with Crippen molar-refractivity contribution in [3.8, 4) is 17.6 Å². The lowest BCUT2D eigenvalue weighted by molar-refractivity contribution is -0.132. The van der Waals surface area contributed by atoms with Crippen LogP contribution in [0.15, 0.2) is 46.4 Å². The molecular formula is C19H14BrFN2O4. The molecular weight excluding hydrogens is 419 g/mol. The number of carbonyl (C=O) groups is 2. The molecule has 1 N–H and O–H groups in total. The second-order valence-electron chi connectivity index (χ2n) is 5.22. The van der Waals surface area contributed by atoms with E-state index in [2.05, 4.69) is 21.2 Å². The van der Waals surface area contributed by atoms with Crippen molar-refractivity contribution in [2.24, 2.45) is 0 Å². The largest absolute Gasteiger partial charge is 0.493 e. The number of nitrogens with one attached hydrogen (secondary N) is 1. The zero-order valence-corrected chi connectivity index (χ0v) is 16.0. The normalized spacial score (nSPS) is 10.7. The number of nitriles is 1. The van der Waals surface area contributed by atoms with Gasteiger partial charge in [-0.25, -0.2) is 4.39 Å². The summed E-state index contributed by atoms with van der Waals surface area (Å²) in [6.07, 6.45) is 1.31. The second kappa shape index (κ2) is 8.96. The van der Waals surface area contributed by atoms with E-state index in [9.17, 15) is 19.2 Å². The van der Waals surface area contributed by atoms with Crippen molar-refractivity contribution in [3.63, 3.8) is 0 Å². The monoisotopic (exact) mass is 432 g/mol. The van der Waals surface area contributed by atoms with Crippen molar-refractivity contribution < 1.29 is 23.5 Å². The molecule has 0 unspecified atom stereocenters. The molecule has 0 aliphatic heterocycles. The van der Waals surface area contributed by atoms with Gasteiger partial charge in [0.1, 0.15) is 17.5 Å². The molecule has 6 nitrogen and oxygen atoms in total. The first-order valence-electron chi connectivity index (χ1n) is 7.59. The number of ether oxygens (including phenoxy) is 2. The minimum absolute atomic E-state index is 0.0366. The fraction of sp³-hybridized carbons (Fsp3) is 0.105. The van der Waals surface area contributed by atoms with Crippen LogP contribution in [-0.4, -0.2) is 19.0 Å². The molecule has 2 rings (SSSR count). The summed E-state index contributed by atoms with van der Waals surface area (Å²) < 4.78 is 24.3. The number of esters is 1. The molecule has 138 valence electrons. The molecule has 0 fully saturated rings. The summed E-state index contributed by atoms with van der Waals surface area (Å²) in [5.74, 6) is -1.48. The summed E-state index contributed by atoms with van der Waals surface area (Å²) in [6, 6.07) is 10.4. The minimum Gasteiger partial charge on any atom is -0.493 e. The molecule has 8 heteroatoms. The van der Waals surface area contributed by atoms with Gasteiger partial charge in [0.25, 0.3) is 5.91 Å². The van der Waals surface area contributed by atoms with E-state index in [0.717, 1.165) is 0 Å². The van der Waals surface area contributed by atoms with Gasteiger partial charge in [0.2, 0.25) is 0 Å². The summed E-state index contributed by atoms with van der Waals surface area (Å²) in [5, 5.41) is 11.7. The number of para-hydroxylation sites is 1. The smallest absolute Gasteiger partial charge is 0.308 e. The highest BCUT2D eigenvalue weighted by Crippen LogP contribution is 2.34. The molecule has 0 heterocycles. The Labute approximate surface area is 163 Å². The third-order valence-electron chi connectivity index (χ3n) is 3.32. The molecule has 1 amide bonds. The van der Waals surface area contributed by atoms with Gasteiger partial charge in [-0.1, -0.05) is 28.1 Å². The Morgan fingerprint density at radius 1 is 1.26 bits per heavy atom. The van der Waals surface area contributed by atoms with E-state index in [1.807, 2.05) is 0 Å². The van der Waals surface area contributed by atoms with Gasteiger partial charge in [0.15, 0.2) is 11.5 Å². The molecule has 0 aliphatic carbocycles. The molecule has 0 aromatic heterocycles. The number of halogens is 2. The van der Waals surface area contributed by atoms with E-state index in [-0.39, 0.29) is 22.8 Å². The number of carbonyl (C=O) groups excluding carboxylic acids is 2. The van der Waals surface area contributed by atoms with Crippen LogP contribution in [0.5, 0.6) is 11.5 Å². The Hall–Kier alpha value is -3.18. The van der Waals surface area contributed by atoms with E-state index in [4.69, 9.17) is 9.47 Å². The van der Waals surface area contributed by atoms with Crippen molar-refractivity contribution in [1.82, 2.24) is 0 Å². The summed E-state index contributed by atoms with van der Waals surface area (Å²) in [4.78, 5) is 23.5. The summed E-state index contributed by atoms with van der Waals surface area (Å²) in [5.41, 5.74) is 0.148. The molecule has 0 aliphatic rings. The van der Waals surface area contributed by atoms with Gasteiger partial charge < -0.3 is 14.8 Å². The number of methoxy groups -OCH3 is 1. The summed E-state index contributed by atoms with van der Waals surface area (Å²) in [7, 11) is 1.39. The molecule has 2 aromatic rings. The maximum atomic E-state index is 13.7. The van der Waals surface area contributed by atoms with Gasteiger partial charge in [-0.15, -0.1) is 0 Å². The molecule has 0 saturated heterocycles. The lowest BCUT2D eigenvalue weighted by Gasteiger charge is -2.11. The number of amides is 1. The number of rotatable bonds is 5. The van der Waals surface area contributed by atoms with E-state index in [1.165, 1.54) is 50.4 Å². The third-order valence-corrected chi connectivity index (χ3v) is 4.01. The minimum atomic E-state index is -0.766. The molecule has 27 heavy (non-hydrogen) atoms. The quantitative estimate of drug-likeness (QED) is 0.333. The first-order valence-corrected chi connectivity index (χ1v) is 8.38. The molecule has 0 radical (unpaired) electrons. The molecule has 0 bridgehead atoms. The van der Waals surface area contributed by atoms with Crippen molar-refractivity contribution in [3.05, 3.63) is 57.8 Å². The van der Waals surface area contributed by atoms with Crippen LogP contribution in [0.2, 0.25) is 0 Å². The second-order valence-corrected chi connectivity index (χ2v) is 6.08. The average Bonchev–Trinajstić information content (AvgIpc) is 2.62. The van der Waals surface area contributed by atoms with Gasteiger partial charge >= 0.3 is 5.97 Å². The van der Waals surface area contributed by atoms with Crippen LogP contribution in [0, 0.1) is 17.1 Å². The van der Waals surface area contributed by atoms with Gasteiger partial charge in [-0.2, -0.15) is 5.26 Å². The van der Waals surface area contributed by atoms with Gasteiger partial charge in [-0.3, -0.25) is 9.59 Å². The zero-order valence-electron chi connectivity index (χ0n) is 14.4. The fourth-order valence-electron chi connectivity index (χ4n) is 2.11. The predicted octanol–water partition coefficient (Wildman–Crippen LogP) is 4.07. The van der Waals surface area contributed by atoms with Crippen LogP contribution >= 0.6 is 15.9 Å². The molecule has 0 spiro atoms. The van der Waals surface area contributed by atoms with Gasteiger partial charge in [0, 0.05) is 11.4 Å². The summed E-state index contributed by atoms with van der Waals surface area (Å²) >= 11 is 3.29. The third kappa shape index (κ3) is 5.15. The highest BCUT2D eigenvalue weighted by Gasteiger charge is 2.15. The van der Waals surface area contributed by atoms with Crippen molar-refractivity contribution in [2.75, 3.05) is 12.4 Å². The maximum Gasteiger partial charge on any atom is 0.308 e. The number of hydrogen-bond donors (Lipinski definition) is 1. The number of hydrogen-bond acceptors (Lipinski definition) is 5. The predicted molar refractivity (Wildman–Crippen MR) is 101 cm³/mol. The Kier molecular flexibility index (Phi) is 6.68. The van der Waals surface area contributed by atoms with Crippen molar-refractivity contribution in [2.45, 2.75) is 6.92 Å². The molecule has 2 aromatic carbocycles.